The Kier molecular flexibility index (Phi) is 4.66. The summed E-state index contributed by atoms with van der Waals surface area (Å²) in [4.78, 5) is 12.8. The van der Waals surface area contributed by atoms with E-state index >= 15 is 0 Å². The van der Waals surface area contributed by atoms with Gasteiger partial charge in [0.15, 0.2) is 0 Å². The highest BCUT2D eigenvalue weighted by atomic mass is 16.6. The first-order valence-corrected chi connectivity index (χ1v) is 5.98. The second-order valence-corrected chi connectivity index (χ2v) is 4.69. The fraction of sp³-hybridized carbons (Fsp3) is 0.727. The molecule has 18 heavy (non-hydrogen) atoms. The first-order valence-electron chi connectivity index (χ1n) is 5.98. The van der Waals surface area contributed by atoms with Crippen molar-refractivity contribution < 1.29 is 4.92 Å². The minimum Gasteiger partial charge on any atom is -0.361 e. The molecular formula is C11H21N5O2. The zero-order chi connectivity index (χ0) is 13.9. The molecular weight excluding hydrogens is 234 g/mol. The summed E-state index contributed by atoms with van der Waals surface area (Å²) in [6.07, 6.45) is 0.549. The summed E-state index contributed by atoms with van der Waals surface area (Å²) < 4.78 is 1.54. The molecule has 0 aliphatic rings. The molecule has 0 saturated heterocycles. The summed E-state index contributed by atoms with van der Waals surface area (Å²) >= 11 is 0. The number of aryl methyl sites for hydroxylation is 2. The van der Waals surface area contributed by atoms with Crippen molar-refractivity contribution in [2.24, 2.45) is 7.05 Å². The first-order chi connectivity index (χ1) is 8.36. The number of nitrogens with one attached hydrogen (secondary N) is 1. The molecule has 0 spiro atoms. The number of nitrogens with zero attached hydrogens (tertiary/aromatic N) is 4. The van der Waals surface area contributed by atoms with E-state index in [0.717, 1.165) is 6.54 Å². The van der Waals surface area contributed by atoms with Crippen LogP contribution in [-0.4, -0.2) is 46.3 Å². The molecule has 0 aliphatic heterocycles. The number of rotatable bonds is 6. The predicted octanol–water partition coefficient (Wildman–Crippen LogP) is 1.25. The van der Waals surface area contributed by atoms with Gasteiger partial charge in [-0.15, -0.1) is 0 Å². The van der Waals surface area contributed by atoms with E-state index in [1.54, 1.807) is 11.7 Å². The Morgan fingerprint density at radius 2 is 2.17 bits per heavy atom. The van der Waals surface area contributed by atoms with Crippen molar-refractivity contribution in [3.63, 3.8) is 0 Å². The second-order valence-electron chi connectivity index (χ2n) is 4.69. The summed E-state index contributed by atoms with van der Waals surface area (Å²) in [5.74, 6) is 0.478. The number of nitro groups is 1. The molecule has 7 nitrogen and oxygen atoms in total. The van der Waals surface area contributed by atoms with Gasteiger partial charge in [0.1, 0.15) is 5.69 Å². The van der Waals surface area contributed by atoms with Crippen molar-refractivity contribution in [2.75, 3.05) is 26.0 Å². The molecule has 0 aliphatic carbocycles. The van der Waals surface area contributed by atoms with Crippen LogP contribution in [0.1, 0.15) is 19.5 Å². The Bertz CT molecular complexity index is 427. The van der Waals surface area contributed by atoms with Gasteiger partial charge in [-0.3, -0.25) is 10.1 Å². The van der Waals surface area contributed by atoms with E-state index in [-0.39, 0.29) is 16.7 Å². The van der Waals surface area contributed by atoms with E-state index in [1.807, 2.05) is 32.8 Å². The maximum absolute atomic E-state index is 11.1. The third-order valence-corrected chi connectivity index (χ3v) is 2.63. The Balaban J connectivity index is 3.00. The third kappa shape index (κ3) is 3.19. The molecule has 0 amide bonds. The van der Waals surface area contributed by atoms with E-state index in [4.69, 9.17) is 0 Å². The van der Waals surface area contributed by atoms with Crippen molar-refractivity contribution in [3.05, 3.63) is 15.8 Å². The number of anilines is 1. The fourth-order valence-electron chi connectivity index (χ4n) is 1.99. The van der Waals surface area contributed by atoms with Gasteiger partial charge >= 0.3 is 5.69 Å². The summed E-state index contributed by atoms with van der Waals surface area (Å²) in [6, 6.07) is 0.110. The van der Waals surface area contributed by atoms with Gasteiger partial charge in [-0.25, -0.2) is 4.68 Å². The largest absolute Gasteiger partial charge is 0.361 e. The lowest BCUT2D eigenvalue weighted by molar-refractivity contribution is -0.384. The van der Waals surface area contributed by atoms with Crippen molar-refractivity contribution in [3.8, 4) is 0 Å². The van der Waals surface area contributed by atoms with Crippen LogP contribution in [0.2, 0.25) is 0 Å². The maximum Gasteiger partial charge on any atom is 0.333 e. The zero-order valence-corrected chi connectivity index (χ0v) is 11.6. The van der Waals surface area contributed by atoms with Crippen LogP contribution in [0, 0.1) is 10.1 Å². The average molecular weight is 255 g/mol. The molecule has 7 heteroatoms. The van der Waals surface area contributed by atoms with Crippen molar-refractivity contribution in [1.29, 1.82) is 0 Å². The summed E-state index contributed by atoms with van der Waals surface area (Å²) in [6.45, 7) is 4.65. The van der Waals surface area contributed by atoms with E-state index in [0.29, 0.717) is 17.9 Å². The lowest BCUT2D eigenvalue weighted by Crippen LogP contribution is -2.30. The van der Waals surface area contributed by atoms with Crippen LogP contribution in [-0.2, 0) is 13.5 Å². The van der Waals surface area contributed by atoms with Gasteiger partial charge in [0.25, 0.3) is 0 Å². The lowest BCUT2D eigenvalue weighted by Gasteiger charge is -2.18. The molecule has 0 aromatic carbocycles. The highest BCUT2D eigenvalue weighted by Crippen LogP contribution is 2.28. The van der Waals surface area contributed by atoms with E-state index < -0.39 is 0 Å². The van der Waals surface area contributed by atoms with Crippen LogP contribution < -0.4 is 5.32 Å². The second kappa shape index (κ2) is 5.81. The van der Waals surface area contributed by atoms with Crippen LogP contribution in [0.3, 0.4) is 0 Å². The summed E-state index contributed by atoms with van der Waals surface area (Å²) in [5, 5.41) is 18.5. The number of hydrogen-bond acceptors (Lipinski definition) is 5. The maximum atomic E-state index is 11.1. The molecule has 1 atom stereocenters. The van der Waals surface area contributed by atoms with Gasteiger partial charge in [0.05, 0.1) is 4.92 Å². The average Bonchev–Trinajstić information content (AvgIpc) is 2.54. The summed E-state index contributed by atoms with van der Waals surface area (Å²) in [5.41, 5.74) is 0.604. The molecule has 1 aromatic rings. The molecule has 1 aromatic heterocycles. The SMILES string of the molecule is CCc1nn(C)c(NC(C)CN(C)C)c1[N+](=O)[O-]. The Labute approximate surface area is 107 Å². The van der Waals surface area contributed by atoms with Crippen LogP contribution in [0.15, 0.2) is 0 Å². The molecule has 0 fully saturated rings. The zero-order valence-electron chi connectivity index (χ0n) is 11.6. The third-order valence-electron chi connectivity index (χ3n) is 2.63. The Hall–Kier alpha value is -1.63. The monoisotopic (exact) mass is 255 g/mol. The molecule has 1 heterocycles. The van der Waals surface area contributed by atoms with Crippen LogP contribution in [0.5, 0.6) is 0 Å². The first kappa shape index (κ1) is 14.4. The molecule has 1 rings (SSSR count). The Morgan fingerprint density at radius 3 is 2.61 bits per heavy atom. The molecule has 1 N–H and O–H groups in total. The van der Waals surface area contributed by atoms with E-state index in [9.17, 15) is 10.1 Å². The molecule has 102 valence electrons. The minimum atomic E-state index is -0.365. The number of aromatic nitrogens is 2. The topological polar surface area (TPSA) is 76.2 Å². The van der Waals surface area contributed by atoms with Gasteiger partial charge in [-0.1, -0.05) is 6.92 Å². The minimum absolute atomic E-state index is 0.0885. The van der Waals surface area contributed by atoms with Crippen molar-refractivity contribution in [2.45, 2.75) is 26.3 Å². The summed E-state index contributed by atoms with van der Waals surface area (Å²) in [7, 11) is 5.65. The van der Waals surface area contributed by atoms with Gasteiger partial charge in [-0.2, -0.15) is 5.10 Å². The van der Waals surface area contributed by atoms with Crippen LogP contribution in [0.4, 0.5) is 11.5 Å². The predicted molar refractivity (Wildman–Crippen MR) is 70.9 cm³/mol. The molecule has 0 bridgehead atoms. The molecule has 0 radical (unpaired) electrons. The van der Waals surface area contributed by atoms with Crippen molar-refractivity contribution in [1.82, 2.24) is 14.7 Å². The fourth-order valence-corrected chi connectivity index (χ4v) is 1.99. The molecule has 0 saturated carbocycles. The van der Waals surface area contributed by atoms with Crippen LogP contribution in [0.25, 0.3) is 0 Å². The standard InChI is InChI=1S/C11H21N5O2/c1-6-9-10(16(17)18)11(15(5)13-9)12-8(2)7-14(3)4/h8,12H,6-7H2,1-5H3. The number of hydrogen-bond donors (Lipinski definition) is 1. The quantitative estimate of drug-likeness (QED) is 0.611. The van der Waals surface area contributed by atoms with Gasteiger partial charge in [-0.05, 0) is 27.4 Å². The lowest BCUT2D eigenvalue weighted by atomic mass is 10.2. The Morgan fingerprint density at radius 1 is 1.56 bits per heavy atom. The highest BCUT2D eigenvalue weighted by molar-refractivity contribution is 5.60. The number of likely N-dealkylation sites (N-methyl/N-ethyl adjacent to an activating group) is 1. The van der Waals surface area contributed by atoms with E-state index in [2.05, 4.69) is 10.4 Å². The van der Waals surface area contributed by atoms with Gasteiger partial charge in [0.2, 0.25) is 5.82 Å². The highest BCUT2D eigenvalue weighted by Gasteiger charge is 2.26. The van der Waals surface area contributed by atoms with Gasteiger partial charge in [0, 0.05) is 19.6 Å². The molecule has 1 unspecified atom stereocenters. The van der Waals surface area contributed by atoms with E-state index in [1.165, 1.54) is 0 Å². The van der Waals surface area contributed by atoms with Gasteiger partial charge < -0.3 is 10.2 Å². The van der Waals surface area contributed by atoms with Crippen molar-refractivity contribution >= 4 is 11.5 Å². The normalized spacial score (nSPS) is 12.8. The smallest absolute Gasteiger partial charge is 0.333 e. The van der Waals surface area contributed by atoms with Crippen LogP contribution >= 0.6 is 0 Å².